The van der Waals surface area contributed by atoms with Gasteiger partial charge in [-0.15, -0.1) is 11.8 Å². The Kier molecular flexibility index (Phi) is 6.49. The summed E-state index contributed by atoms with van der Waals surface area (Å²) in [5.41, 5.74) is 3.41. The van der Waals surface area contributed by atoms with Crippen LogP contribution in [0, 0.1) is 0 Å². The second kappa shape index (κ2) is 9.57. The normalized spacial score (nSPS) is 22.8. The van der Waals surface area contributed by atoms with Crippen molar-refractivity contribution in [3.05, 3.63) is 59.7 Å². The smallest absolute Gasteiger partial charge is 0.408 e. The molecule has 0 bridgehead atoms. The summed E-state index contributed by atoms with van der Waals surface area (Å²) in [6, 6.07) is 15.4. The molecular weight excluding hydrogens is 464 g/mol. The van der Waals surface area contributed by atoms with Crippen molar-refractivity contribution in [2.24, 2.45) is 0 Å². The number of benzene rings is 2. The fraction of sp³-hybridized carbons (Fsp3) is 0.444. The molecular formula is C27H30N2O5S. The van der Waals surface area contributed by atoms with Crippen molar-refractivity contribution in [3.8, 4) is 11.1 Å². The molecule has 1 saturated carbocycles. The van der Waals surface area contributed by atoms with Gasteiger partial charge in [0.1, 0.15) is 18.2 Å². The topological polar surface area (TPSA) is 95.9 Å². The van der Waals surface area contributed by atoms with Crippen molar-refractivity contribution in [2.45, 2.75) is 61.9 Å². The number of amides is 2. The molecule has 3 aliphatic rings. The number of nitrogens with zero attached hydrogens (tertiary/aromatic N) is 1. The number of rotatable bonds is 5. The van der Waals surface area contributed by atoms with Crippen LogP contribution in [-0.4, -0.2) is 57.3 Å². The van der Waals surface area contributed by atoms with Crippen molar-refractivity contribution < 1.29 is 24.2 Å². The third-order valence-corrected chi connectivity index (χ3v) is 8.76. The van der Waals surface area contributed by atoms with Gasteiger partial charge in [-0.05, 0) is 42.0 Å². The molecule has 0 aromatic heterocycles. The molecule has 1 aliphatic heterocycles. The van der Waals surface area contributed by atoms with E-state index < -0.39 is 23.6 Å². The second-order valence-corrected chi connectivity index (χ2v) is 10.9. The first-order chi connectivity index (χ1) is 16.9. The van der Waals surface area contributed by atoms with E-state index >= 15 is 0 Å². The Balaban J connectivity index is 1.33. The molecule has 2 N–H and O–H groups in total. The van der Waals surface area contributed by atoms with E-state index in [0.717, 1.165) is 41.5 Å². The third-order valence-electron chi connectivity index (χ3n) is 7.54. The molecule has 184 valence electrons. The molecule has 1 heterocycles. The molecule has 0 radical (unpaired) electrons. The van der Waals surface area contributed by atoms with E-state index in [1.807, 2.05) is 31.2 Å². The highest BCUT2D eigenvalue weighted by atomic mass is 32.2. The summed E-state index contributed by atoms with van der Waals surface area (Å²) in [5.74, 6) is -1.04. The zero-order valence-corrected chi connectivity index (χ0v) is 20.6. The van der Waals surface area contributed by atoms with Gasteiger partial charge >= 0.3 is 12.1 Å². The number of hydrogen-bond donors (Lipinski definition) is 2. The van der Waals surface area contributed by atoms with Crippen LogP contribution in [0.15, 0.2) is 48.5 Å². The van der Waals surface area contributed by atoms with Crippen LogP contribution in [0.4, 0.5) is 4.79 Å². The average Bonchev–Trinajstić information content (AvgIpc) is 3.41. The number of carbonyl (C=O) groups excluding carboxylic acids is 2. The van der Waals surface area contributed by atoms with Gasteiger partial charge in [0.05, 0.1) is 5.37 Å². The van der Waals surface area contributed by atoms with Crippen LogP contribution in [0.1, 0.15) is 56.1 Å². The number of aliphatic carboxylic acids is 1. The SMILES string of the molecule is CC1SCC(C(=O)O)N1C(=O)C1(NC(=O)OCC2c3ccccc3-c3ccccc32)CCCCC1. The highest BCUT2D eigenvalue weighted by Crippen LogP contribution is 2.44. The predicted octanol–water partition coefficient (Wildman–Crippen LogP) is 4.60. The van der Waals surface area contributed by atoms with Gasteiger partial charge in [-0.3, -0.25) is 4.79 Å². The van der Waals surface area contributed by atoms with Gasteiger partial charge in [0, 0.05) is 11.7 Å². The van der Waals surface area contributed by atoms with Crippen LogP contribution in [0.25, 0.3) is 11.1 Å². The first kappa shape index (κ1) is 23.7. The van der Waals surface area contributed by atoms with Crippen molar-refractivity contribution >= 4 is 29.7 Å². The van der Waals surface area contributed by atoms with E-state index in [4.69, 9.17) is 4.74 Å². The number of carboxylic acids is 1. The van der Waals surface area contributed by atoms with Crippen LogP contribution in [-0.2, 0) is 14.3 Å². The van der Waals surface area contributed by atoms with Crippen LogP contribution in [0.2, 0.25) is 0 Å². The molecule has 2 amide bonds. The number of carbonyl (C=O) groups is 3. The molecule has 2 aliphatic carbocycles. The molecule has 2 atom stereocenters. The van der Waals surface area contributed by atoms with E-state index in [9.17, 15) is 19.5 Å². The summed E-state index contributed by atoms with van der Waals surface area (Å²) in [6.07, 6.45) is 2.90. The quantitative estimate of drug-likeness (QED) is 0.631. The van der Waals surface area contributed by atoms with Crippen LogP contribution in [0.5, 0.6) is 0 Å². The monoisotopic (exact) mass is 494 g/mol. The maximum absolute atomic E-state index is 13.7. The molecule has 0 spiro atoms. The lowest BCUT2D eigenvalue weighted by Gasteiger charge is -2.41. The van der Waals surface area contributed by atoms with Gasteiger partial charge in [0.2, 0.25) is 5.91 Å². The van der Waals surface area contributed by atoms with E-state index in [1.54, 1.807) is 0 Å². The molecule has 2 fully saturated rings. The molecule has 2 unspecified atom stereocenters. The zero-order valence-electron chi connectivity index (χ0n) is 19.7. The molecule has 2 aromatic rings. The standard InChI is InChI=1S/C27H30N2O5S/c1-17-29(23(16-35-17)24(30)31)25(32)27(13-7-2-8-14-27)28-26(33)34-15-22-20-11-5-3-9-18(20)19-10-4-6-12-21(19)22/h3-6,9-12,17,22-23H,2,7-8,13-16H2,1H3,(H,28,33)(H,30,31). The van der Waals surface area contributed by atoms with E-state index in [0.29, 0.717) is 18.6 Å². The Hall–Kier alpha value is -3.00. The number of thioether (sulfide) groups is 1. The lowest BCUT2D eigenvalue weighted by Crippen LogP contribution is -2.63. The molecule has 5 rings (SSSR count). The summed E-state index contributed by atoms with van der Waals surface area (Å²) in [4.78, 5) is 40.1. The lowest BCUT2D eigenvalue weighted by molar-refractivity contribution is -0.152. The summed E-state index contributed by atoms with van der Waals surface area (Å²) < 4.78 is 5.74. The van der Waals surface area contributed by atoms with Crippen LogP contribution < -0.4 is 5.32 Å². The number of hydrogen-bond acceptors (Lipinski definition) is 5. The third kappa shape index (κ3) is 4.29. The number of nitrogens with one attached hydrogen (secondary N) is 1. The van der Waals surface area contributed by atoms with Gasteiger partial charge in [0.25, 0.3) is 0 Å². The van der Waals surface area contributed by atoms with Crippen LogP contribution in [0.3, 0.4) is 0 Å². The average molecular weight is 495 g/mol. The number of fused-ring (bicyclic) bond motifs is 3. The van der Waals surface area contributed by atoms with Crippen molar-refractivity contribution in [2.75, 3.05) is 12.4 Å². The van der Waals surface area contributed by atoms with Crippen LogP contribution >= 0.6 is 11.8 Å². The Morgan fingerprint density at radius 2 is 1.63 bits per heavy atom. The molecule has 7 nitrogen and oxygen atoms in total. The second-order valence-electron chi connectivity index (χ2n) is 9.59. The van der Waals surface area contributed by atoms with Crippen molar-refractivity contribution in [1.82, 2.24) is 10.2 Å². The summed E-state index contributed by atoms with van der Waals surface area (Å²) in [7, 11) is 0. The van der Waals surface area contributed by atoms with Gasteiger partial charge < -0.3 is 20.1 Å². The molecule has 1 saturated heterocycles. The van der Waals surface area contributed by atoms with Gasteiger partial charge in [0.15, 0.2) is 0 Å². The largest absolute Gasteiger partial charge is 0.480 e. The number of ether oxygens (including phenoxy) is 1. The van der Waals surface area contributed by atoms with E-state index in [1.165, 1.54) is 16.7 Å². The minimum Gasteiger partial charge on any atom is -0.480 e. The Morgan fingerprint density at radius 1 is 1.03 bits per heavy atom. The zero-order chi connectivity index (χ0) is 24.6. The van der Waals surface area contributed by atoms with Gasteiger partial charge in [-0.2, -0.15) is 0 Å². The highest BCUT2D eigenvalue weighted by Gasteiger charge is 2.50. The maximum Gasteiger partial charge on any atom is 0.408 e. The predicted molar refractivity (Wildman–Crippen MR) is 134 cm³/mol. The maximum atomic E-state index is 13.7. The summed E-state index contributed by atoms with van der Waals surface area (Å²) in [5, 5.41) is 12.3. The number of carboxylic acid groups (broad SMARTS) is 1. The molecule has 2 aromatic carbocycles. The Labute approximate surface area is 209 Å². The number of alkyl carbamates (subject to hydrolysis) is 1. The van der Waals surface area contributed by atoms with E-state index in [2.05, 4.69) is 29.6 Å². The fourth-order valence-corrected chi connectivity index (χ4v) is 6.93. The summed E-state index contributed by atoms with van der Waals surface area (Å²) >= 11 is 1.45. The molecule has 8 heteroatoms. The lowest BCUT2D eigenvalue weighted by atomic mass is 9.80. The minimum absolute atomic E-state index is 0.0717. The molecule has 35 heavy (non-hydrogen) atoms. The first-order valence-corrected chi connectivity index (χ1v) is 13.3. The van der Waals surface area contributed by atoms with Crippen molar-refractivity contribution in [3.63, 3.8) is 0 Å². The minimum atomic E-state index is -1.13. The Morgan fingerprint density at radius 3 is 2.23 bits per heavy atom. The highest BCUT2D eigenvalue weighted by molar-refractivity contribution is 8.00. The fourth-order valence-electron chi connectivity index (χ4n) is 5.77. The first-order valence-electron chi connectivity index (χ1n) is 12.2. The van der Waals surface area contributed by atoms with Crippen molar-refractivity contribution in [1.29, 1.82) is 0 Å². The summed E-state index contributed by atoms with van der Waals surface area (Å²) in [6.45, 7) is 2.01. The van der Waals surface area contributed by atoms with E-state index in [-0.39, 0.29) is 23.8 Å². The Bertz CT molecular complexity index is 1100. The van der Waals surface area contributed by atoms with Gasteiger partial charge in [-0.1, -0.05) is 67.8 Å². The van der Waals surface area contributed by atoms with Gasteiger partial charge in [-0.25, -0.2) is 9.59 Å².